The zero-order valence-electron chi connectivity index (χ0n) is 8.10. The molecule has 78 valence electrons. The van der Waals surface area contributed by atoms with Crippen LogP contribution in [0.1, 0.15) is 18.0 Å². The van der Waals surface area contributed by atoms with Crippen LogP contribution in [0, 0.1) is 0 Å². The number of fused-ring (bicyclic) bond motifs is 1. The maximum atomic E-state index is 10.5. The molecule has 0 saturated carbocycles. The molecule has 15 heavy (non-hydrogen) atoms. The molecular weight excluding hydrogens is 192 g/mol. The predicted molar refractivity (Wildman–Crippen MR) is 57.5 cm³/mol. The second-order valence-electron chi connectivity index (χ2n) is 3.53. The van der Waals surface area contributed by atoms with Gasteiger partial charge < -0.3 is 15.8 Å². The van der Waals surface area contributed by atoms with Gasteiger partial charge in [0.05, 0.1) is 6.42 Å². The van der Waals surface area contributed by atoms with E-state index in [2.05, 4.69) is 4.98 Å². The topological polar surface area (TPSA) is 79.1 Å². The van der Waals surface area contributed by atoms with Crippen molar-refractivity contribution < 1.29 is 9.90 Å². The first-order valence-corrected chi connectivity index (χ1v) is 4.71. The number of hydrogen-bond donors (Lipinski definition) is 3. The van der Waals surface area contributed by atoms with Crippen molar-refractivity contribution in [2.24, 2.45) is 5.73 Å². The van der Waals surface area contributed by atoms with Gasteiger partial charge in [-0.05, 0) is 23.1 Å². The number of carboxylic acids is 1. The van der Waals surface area contributed by atoms with Crippen LogP contribution in [-0.4, -0.2) is 16.1 Å². The van der Waals surface area contributed by atoms with E-state index in [1.165, 1.54) is 0 Å². The summed E-state index contributed by atoms with van der Waals surface area (Å²) in [6.07, 6.45) is 1.80. The molecule has 2 rings (SSSR count). The molecule has 0 saturated heterocycles. The molecule has 0 aliphatic heterocycles. The van der Waals surface area contributed by atoms with E-state index < -0.39 is 12.0 Å². The molecule has 4 N–H and O–H groups in total. The second-order valence-corrected chi connectivity index (χ2v) is 3.53. The van der Waals surface area contributed by atoms with Gasteiger partial charge in [0.1, 0.15) is 0 Å². The molecule has 0 aliphatic rings. The van der Waals surface area contributed by atoms with E-state index in [-0.39, 0.29) is 6.42 Å². The SMILES string of the molecule is N[C@@H](CC(=O)O)c1ccc2cc[nH]c2c1. The molecule has 4 nitrogen and oxygen atoms in total. The quantitative estimate of drug-likeness (QED) is 0.711. The van der Waals surface area contributed by atoms with Crippen molar-refractivity contribution in [1.29, 1.82) is 0 Å². The number of rotatable bonds is 3. The minimum atomic E-state index is -0.880. The Morgan fingerprint density at radius 1 is 1.47 bits per heavy atom. The molecule has 2 aromatic rings. The van der Waals surface area contributed by atoms with Crippen molar-refractivity contribution >= 4 is 16.9 Å². The van der Waals surface area contributed by atoms with Gasteiger partial charge in [-0.1, -0.05) is 12.1 Å². The maximum Gasteiger partial charge on any atom is 0.305 e. The van der Waals surface area contributed by atoms with Crippen LogP contribution in [-0.2, 0) is 4.79 Å². The van der Waals surface area contributed by atoms with Crippen LogP contribution in [0.2, 0.25) is 0 Å². The number of carboxylic acid groups (broad SMARTS) is 1. The van der Waals surface area contributed by atoms with Crippen LogP contribution >= 0.6 is 0 Å². The number of aliphatic carboxylic acids is 1. The molecule has 0 amide bonds. The van der Waals surface area contributed by atoms with E-state index in [0.29, 0.717) is 0 Å². The van der Waals surface area contributed by atoms with Crippen molar-refractivity contribution in [3.8, 4) is 0 Å². The molecule has 0 radical (unpaired) electrons. The third-order valence-corrected chi connectivity index (χ3v) is 2.40. The normalized spacial score (nSPS) is 12.9. The van der Waals surface area contributed by atoms with Gasteiger partial charge in [-0.2, -0.15) is 0 Å². The van der Waals surface area contributed by atoms with Gasteiger partial charge in [0.15, 0.2) is 0 Å². The predicted octanol–water partition coefficient (Wildman–Crippen LogP) is 1.64. The molecule has 0 fully saturated rings. The number of benzene rings is 1. The molecule has 1 atom stereocenters. The van der Waals surface area contributed by atoms with E-state index in [9.17, 15) is 4.79 Å². The van der Waals surface area contributed by atoms with Gasteiger partial charge in [0, 0.05) is 17.8 Å². The zero-order valence-corrected chi connectivity index (χ0v) is 8.10. The molecule has 0 spiro atoms. The number of H-pyrrole nitrogens is 1. The van der Waals surface area contributed by atoms with E-state index in [0.717, 1.165) is 16.5 Å². The van der Waals surface area contributed by atoms with Crippen LogP contribution in [0.3, 0.4) is 0 Å². The highest BCUT2D eigenvalue weighted by atomic mass is 16.4. The van der Waals surface area contributed by atoms with E-state index in [1.54, 1.807) is 0 Å². The first kappa shape index (κ1) is 9.73. The smallest absolute Gasteiger partial charge is 0.305 e. The summed E-state index contributed by atoms with van der Waals surface area (Å²) in [5.41, 5.74) is 7.58. The van der Waals surface area contributed by atoms with E-state index in [1.807, 2.05) is 30.5 Å². The number of nitrogens with one attached hydrogen (secondary N) is 1. The van der Waals surface area contributed by atoms with Crippen molar-refractivity contribution in [3.63, 3.8) is 0 Å². The Morgan fingerprint density at radius 3 is 3.00 bits per heavy atom. The summed E-state index contributed by atoms with van der Waals surface area (Å²) < 4.78 is 0. The molecule has 1 heterocycles. The Labute approximate surface area is 86.7 Å². The highest BCUT2D eigenvalue weighted by Crippen LogP contribution is 2.19. The summed E-state index contributed by atoms with van der Waals surface area (Å²) in [5, 5.41) is 9.73. The lowest BCUT2D eigenvalue weighted by Crippen LogP contribution is -2.14. The summed E-state index contributed by atoms with van der Waals surface area (Å²) >= 11 is 0. The van der Waals surface area contributed by atoms with E-state index in [4.69, 9.17) is 10.8 Å². The van der Waals surface area contributed by atoms with Crippen LogP contribution in [0.4, 0.5) is 0 Å². The van der Waals surface area contributed by atoms with Crippen LogP contribution in [0.25, 0.3) is 10.9 Å². The molecule has 0 bridgehead atoms. The van der Waals surface area contributed by atoms with Gasteiger partial charge in [-0.25, -0.2) is 0 Å². The minimum Gasteiger partial charge on any atom is -0.481 e. The molecule has 0 unspecified atom stereocenters. The lowest BCUT2D eigenvalue weighted by Gasteiger charge is -2.08. The van der Waals surface area contributed by atoms with Gasteiger partial charge in [0.2, 0.25) is 0 Å². The van der Waals surface area contributed by atoms with Crippen molar-refractivity contribution in [2.45, 2.75) is 12.5 Å². The Balaban J connectivity index is 2.30. The van der Waals surface area contributed by atoms with Gasteiger partial charge >= 0.3 is 5.97 Å². The highest BCUT2D eigenvalue weighted by Gasteiger charge is 2.10. The average molecular weight is 204 g/mol. The number of nitrogens with two attached hydrogens (primary N) is 1. The molecule has 1 aromatic carbocycles. The Bertz CT molecular complexity index is 490. The third-order valence-electron chi connectivity index (χ3n) is 2.40. The van der Waals surface area contributed by atoms with Gasteiger partial charge in [-0.3, -0.25) is 4.79 Å². The Kier molecular flexibility index (Phi) is 2.43. The summed E-state index contributed by atoms with van der Waals surface area (Å²) in [6, 6.07) is 7.20. The first-order valence-electron chi connectivity index (χ1n) is 4.71. The zero-order chi connectivity index (χ0) is 10.8. The Morgan fingerprint density at radius 2 is 2.27 bits per heavy atom. The fourth-order valence-electron chi connectivity index (χ4n) is 1.60. The van der Waals surface area contributed by atoms with Crippen LogP contribution in [0.5, 0.6) is 0 Å². The van der Waals surface area contributed by atoms with Gasteiger partial charge in [0.25, 0.3) is 0 Å². The number of aromatic nitrogens is 1. The Hall–Kier alpha value is -1.81. The average Bonchev–Trinajstić information content (AvgIpc) is 2.62. The summed E-state index contributed by atoms with van der Waals surface area (Å²) in [7, 11) is 0. The lowest BCUT2D eigenvalue weighted by atomic mass is 10.0. The number of aromatic amines is 1. The summed E-state index contributed by atoms with van der Waals surface area (Å²) in [4.78, 5) is 13.6. The van der Waals surface area contributed by atoms with Crippen molar-refractivity contribution in [3.05, 3.63) is 36.0 Å². The fraction of sp³-hybridized carbons (Fsp3) is 0.182. The third kappa shape index (κ3) is 1.99. The monoisotopic (exact) mass is 204 g/mol. The molecular formula is C11H12N2O2. The molecule has 4 heteroatoms. The largest absolute Gasteiger partial charge is 0.481 e. The van der Waals surface area contributed by atoms with Crippen LogP contribution in [0.15, 0.2) is 30.5 Å². The van der Waals surface area contributed by atoms with Crippen molar-refractivity contribution in [1.82, 2.24) is 4.98 Å². The maximum absolute atomic E-state index is 10.5. The molecule has 1 aromatic heterocycles. The minimum absolute atomic E-state index is 0.0494. The fourth-order valence-corrected chi connectivity index (χ4v) is 1.60. The van der Waals surface area contributed by atoms with Crippen molar-refractivity contribution in [2.75, 3.05) is 0 Å². The number of carbonyl (C=O) groups is 1. The molecule has 0 aliphatic carbocycles. The van der Waals surface area contributed by atoms with Gasteiger partial charge in [-0.15, -0.1) is 0 Å². The number of hydrogen-bond acceptors (Lipinski definition) is 2. The summed E-state index contributed by atoms with van der Waals surface area (Å²) in [6.45, 7) is 0. The second kappa shape index (κ2) is 3.74. The highest BCUT2D eigenvalue weighted by molar-refractivity contribution is 5.80. The lowest BCUT2D eigenvalue weighted by molar-refractivity contribution is -0.137. The first-order chi connectivity index (χ1) is 7.16. The van der Waals surface area contributed by atoms with E-state index >= 15 is 0 Å². The van der Waals surface area contributed by atoms with Crippen LogP contribution < -0.4 is 5.73 Å². The summed E-state index contributed by atoms with van der Waals surface area (Å²) in [5.74, 6) is -0.880. The standard InChI is InChI=1S/C11H12N2O2/c12-9(6-11(14)15)8-2-1-7-3-4-13-10(7)5-8/h1-5,9,13H,6,12H2,(H,14,15)/t9-/m0/s1.